The lowest BCUT2D eigenvalue weighted by atomic mass is 10.2. The van der Waals surface area contributed by atoms with E-state index in [0.717, 1.165) is 4.90 Å². The Hall–Kier alpha value is -3.77. The predicted molar refractivity (Wildman–Crippen MR) is 134 cm³/mol. The van der Waals surface area contributed by atoms with Gasteiger partial charge in [0, 0.05) is 33.7 Å². The molecule has 1 unspecified atom stereocenters. The Morgan fingerprint density at radius 2 is 1.91 bits per heavy atom. The summed E-state index contributed by atoms with van der Waals surface area (Å²) in [5.74, 6) is -1.08. The number of aromatic nitrogens is 1. The zero-order chi connectivity index (χ0) is 25.4. The number of nitrogens with one attached hydrogen (secondary N) is 2. The SMILES string of the molecule is CCOC(=O)Cc1csc(NC(=O)C(C)Sc2ccc(NC(=O)c3cccc([N+](=O)[O-])c3)cc2)n1. The number of ether oxygens (including phenoxy) is 1. The van der Waals surface area contributed by atoms with E-state index in [1.54, 1.807) is 43.5 Å². The van der Waals surface area contributed by atoms with Crippen LogP contribution in [0.1, 0.15) is 29.9 Å². The maximum atomic E-state index is 12.5. The highest BCUT2D eigenvalue weighted by molar-refractivity contribution is 8.00. The van der Waals surface area contributed by atoms with Gasteiger partial charge in [-0.3, -0.25) is 24.5 Å². The number of hydrogen-bond donors (Lipinski definition) is 2. The molecule has 0 saturated heterocycles. The number of nitro groups is 1. The van der Waals surface area contributed by atoms with E-state index in [1.165, 1.54) is 47.4 Å². The molecule has 0 aliphatic heterocycles. The molecule has 0 spiro atoms. The van der Waals surface area contributed by atoms with Gasteiger partial charge >= 0.3 is 5.97 Å². The molecule has 0 fully saturated rings. The van der Waals surface area contributed by atoms with Crippen LogP contribution in [0.3, 0.4) is 0 Å². The number of hydrogen-bond acceptors (Lipinski definition) is 9. The summed E-state index contributed by atoms with van der Waals surface area (Å²) in [7, 11) is 0. The summed E-state index contributed by atoms with van der Waals surface area (Å²) in [6.45, 7) is 3.78. The number of carbonyl (C=O) groups excluding carboxylic acids is 3. The molecular weight excluding hydrogens is 492 g/mol. The van der Waals surface area contributed by atoms with Crippen molar-refractivity contribution in [3.05, 3.63) is 75.3 Å². The number of thioether (sulfide) groups is 1. The summed E-state index contributed by atoms with van der Waals surface area (Å²) >= 11 is 2.56. The second-order valence-corrected chi connectivity index (χ2v) is 9.43. The van der Waals surface area contributed by atoms with Crippen molar-refractivity contribution < 1.29 is 24.0 Å². The Morgan fingerprint density at radius 3 is 2.60 bits per heavy atom. The summed E-state index contributed by atoms with van der Waals surface area (Å²) in [6.07, 6.45) is 0.0502. The molecule has 10 nitrogen and oxygen atoms in total. The van der Waals surface area contributed by atoms with E-state index in [1.807, 2.05) is 0 Å². The van der Waals surface area contributed by atoms with Crippen molar-refractivity contribution >= 4 is 57.4 Å². The third-order valence-corrected chi connectivity index (χ3v) is 6.44. The van der Waals surface area contributed by atoms with E-state index in [2.05, 4.69) is 15.6 Å². The molecule has 0 saturated carbocycles. The van der Waals surface area contributed by atoms with Gasteiger partial charge in [0.15, 0.2) is 5.13 Å². The van der Waals surface area contributed by atoms with Crippen LogP contribution in [0.4, 0.5) is 16.5 Å². The van der Waals surface area contributed by atoms with E-state index >= 15 is 0 Å². The second kappa shape index (κ2) is 12.1. The van der Waals surface area contributed by atoms with Crippen molar-refractivity contribution in [1.82, 2.24) is 4.98 Å². The van der Waals surface area contributed by atoms with E-state index in [0.29, 0.717) is 23.1 Å². The van der Waals surface area contributed by atoms with Crippen molar-refractivity contribution in [2.24, 2.45) is 0 Å². The molecule has 1 atom stereocenters. The highest BCUT2D eigenvalue weighted by Gasteiger charge is 2.17. The summed E-state index contributed by atoms with van der Waals surface area (Å²) in [4.78, 5) is 51.9. The van der Waals surface area contributed by atoms with Crippen LogP contribution in [-0.4, -0.2) is 39.5 Å². The van der Waals surface area contributed by atoms with Gasteiger partial charge in [0.1, 0.15) is 0 Å². The Balaban J connectivity index is 1.52. The number of amides is 2. The first-order valence-corrected chi connectivity index (χ1v) is 12.2. The fourth-order valence-electron chi connectivity index (χ4n) is 2.85. The van der Waals surface area contributed by atoms with Gasteiger partial charge in [0.05, 0.1) is 28.9 Å². The molecule has 0 aliphatic carbocycles. The Bertz CT molecular complexity index is 1230. The number of non-ortho nitro benzene ring substituents is 1. The molecular formula is C23H22N4O6S2. The molecule has 2 amide bonds. The molecule has 182 valence electrons. The van der Waals surface area contributed by atoms with E-state index < -0.39 is 16.1 Å². The maximum absolute atomic E-state index is 12.5. The normalized spacial score (nSPS) is 11.4. The molecule has 35 heavy (non-hydrogen) atoms. The third-order valence-electron chi connectivity index (χ3n) is 4.53. The number of anilines is 2. The standard InChI is InChI=1S/C23H22N4O6S2/c1-3-33-20(28)12-17-13-34-23(25-17)26-21(29)14(2)35-19-9-7-16(8-10-19)24-22(30)15-5-4-6-18(11-15)27(31)32/h4-11,13-14H,3,12H2,1-2H3,(H,24,30)(H,25,26,29). The number of esters is 1. The van der Waals surface area contributed by atoms with Crippen LogP contribution in [-0.2, 0) is 20.7 Å². The van der Waals surface area contributed by atoms with Crippen molar-refractivity contribution in [2.45, 2.75) is 30.4 Å². The second-order valence-electron chi connectivity index (χ2n) is 7.16. The first kappa shape index (κ1) is 25.8. The smallest absolute Gasteiger partial charge is 0.311 e. The molecule has 3 aromatic rings. The zero-order valence-electron chi connectivity index (χ0n) is 18.8. The van der Waals surface area contributed by atoms with Crippen LogP contribution in [0.15, 0.2) is 58.8 Å². The van der Waals surface area contributed by atoms with Crippen LogP contribution in [0.5, 0.6) is 0 Å². The number of nitrogens with zero attached hydrogens (tertiary/aromatic N) is 2. The van der Waals surface area contributed by atoms with Gasteiger partial charge in [-0.2, -0.15) is 0 Å². The minimum Gasteiger partial charge on any atom is -0.466 e. The number of thiazole rings is 1. The number of benzene rings is 2. The molecule has 2 aromatic carbocycles. The summed E-state index contributed by atoms with van der Waals surface area (Å²) < 4.78 is 4.89. The summed E-state index contributed by atoms with van der Waals surface area (Å²) in [5.41, 5.74) is 1.06. The molecule has 3 rings (SSSR count). The summed E-state index contributed by atoms with van der Waals surface area (Å²) in [6, 6.07) is 12.4. The molecule has 1 heterocycles. The van der Waals surface area contributed by atoms with Crippen molar-refractivity contribution in [3.8, 4) is 0 Å². The fourth-order valence-corrected chi connectivity index (χ4v) is 4.43. The number of nitro benzene ring substituents is 1. The van der Waals surface area contributed by atoms with Gasteiger partial charge in [-0.05, 0) is 44.2 Å². The highest BCUT2D eigenvalue weighted by Crippen LogP contribution is 2.26. The van der Waals surface area contributed by atoms with E-state index in [4.69, 9.17) is 4.74 Å². The van der Waals surface area contributed by atoms with E-state index in [9.17, 15) is 24.5 Å². The lowest BCUT2D eigenvalue weighted by molar-refractivity contribution is -0.384. The zero-order valence-corrected chi connectivity index (χ0v) is 20.5. The van der Waals surface area contributed by atoms with Crippen LogP contribution in [0.25, 0.3) is 0 Å². The molecule has 0 bridgehead atoms. The minimum absolute atomic E-state index is 0.0502. The topological polar surface area (TPSA) is 141 Å². The van der Waals surface area contributed by atoms with Gasteiger partial charge in [-0.15, -0.1) is 23.1 Å². The monoisotopic (exact) mass is 514 g/mol. The van der Waals surface area contributed by atoms with Crippen LogP contribution in [0, 0.1) is 10.1 Å². The van der Waals surface area contributed by atoms with Gasteiger partial charge < -0.3 is 15.4 Å². The predicted octanol–water partition coefficient (Wildman–Crippen LogP) is 4.53. The Morgan fingerprint density at radius 1 is 1.17 bits per heavy atom. The van der Waals surface area contributed by atoms with Crippen molar-refractivity contribution in [1.29, 1.82) is 0 Å². The molecule has 2 N–H and O–H groups in total. The highest BCUT2D eigenvalue weighted by atomic mass is 32.2. The summed E-state index contributed by atoms with van der Waals surface area (Å²) in [5, 5.41) is 18.0. The van der Waals surface area contributed by atoms with Crippen LogP contribution >= 0.6 is 23.1 Å². The van der Waals surface area contributed by atoms with Crippen LogP contribution < -0.4 is 10.6 Å². The lowest BCUT2D eigenvalue weighted by Crippen LogP contribution is -2.22. The average Bonchev–Trinajstić information content (AvgIpc) is 3.26. The molecule has 0 radical (unpaired) electrons. The van der Waals surface area contributed by atoms with Crippen molar-refractivity contribution in [3.63, 3.8) is 0 Å². The first-order valence-electron chi connectivity index (χ1n) is 10.5. The van der Waals surface area contributed by atoms with Crippen molar-refractivity contribution in [2.75, 3.05) is 17.2 Å². The molecule has 12 heteroatoms. The Labute approximate surface area is 209 Å². The Kier molecular flexibility index (Phi) is 8.92. The van der Waals surface area contributed by atoms with E-state index in [-0.39, 0.29) is 29.5 Å². The van der Waals surface area contributed by atoms with Crippen LogP contribution in [0.2, 0.25) is 0 Å². The average molecular weight is 515 g/mol. The maximum Gasteiger partial charge on any atom is 0.311 e. The largest absolute Gasteiger partial charge is 0.466 e. The first-order chi connectivity index (χ1) is 16.7. The van der Waals surface area contributed by atoms with Gasteiger partial charge in [-0.1, -0.05) is 6.07 Å². The number of carbonyl (C=O) groups is 3. The van der Waals surface area contributed by atoms with Gasteiger partial charge in [-0.25, -0.2) is 4.98 Å². The quantitative estimate of drug-likeness (QED) is 0.174. The lowest BCUT2D eigenvalue weighted by Gasteiger charge is -2.11. The molecule has 0 aliphatic rings. The van der Waals surface area contributed by atoms with Gasteiger partial charge in [0.2, 0.25) is 5.91 Å². The van der Waals surface area contributed by atoms with Gasteiger partial charge in [0.25, 0.3) is 11.6 Å². The fraction of sp³-hybridized carbons (Fsp3) is 0.217. The number of rotatable bonds is 10. The minimum atomic E-state index is -0.558. The third kappa shape index (κ3) is 7.62. The molecule has 1 aromatic heterocycles.